The summed E-state index contributed by atoms with van der Waals surface area (Å²) in [6, 6.07) is 16.6. The Kier molecular flexibility index (Phi) is 3.63. The lowest BCUT2D eigenvalue weighted by Gasteiger charge is -2.18. The maximum atomic E-state index is 12.4. The molecular formula is C18H15N3O3. The number of para-hydroxylation sites is 1. The van der Waals surface area contributed by atoms with Crippen LogP contribution in [0.1, 0.15) is 10.5 Å². The summed E-state index contributed by atoms with van der Waals surface area (Å²) < 4.78 is 12.6. The van der Waals surface area contributed by atoms with Gasteiger partial charge in [0.1, 0.15) is 13.2 Å². The number of carbonyl (C=O) groups is 1. The first-order valence-electron chi connectivity index (χ1n) is 7.62. The molecule has 1 N–H and O–H groups in total. The van der Waals surface area contributed by atoms with E-state index in [0.717, 1.165) is 5.69 Å². The SMILES string of the molecule is O=C(Nc1ccc2c(c1)OCCO2)c1ccn(-c2ccccc2)n1. The van der Waals surface area contributed by atoms with Crippen molar-refractivity contribution in [3.63, 3.8) is 0 Å². The number of aromatic nitrogens is 2. The van der Waals surface area contributed by atoms with Crippen molar-refractivity contribution < 1.29 is 14.3 Å². The minimum Gasteiger partial charge on any atom is -0.486 e. The molecule has 0 spiro atoms. The van der Waals surface area contributed by atoms with E-state index in [1.807, 2.05) is 30.3 Å². The zero-order chi connectivity index (χ0) is 16.4. The van der Waals surface area contributed by atoms with E-state index in [0.29, 0.717) is 36.1 Å². The molecule has 1 amide bonds. The fourth-order valence-electron chi connectivity index (χ4n) is 2.49. The van der Waals surface area contributed by atoms with Crippen LogP contribution in [0, 0.1) is 0 Å². The highest BCUT2D eigenvalue weighted by Gasteiger charge is 2.14. The Morgan fingerprint density at radius 3 is 2.62 bits per heavy atom. The van der Waals surface area contributed by atoms with Crippen LogP contribution >= 0.6 is 0 Å². The highest BCUT2D eigenvalue weighted by Crippen LogP contribution is 2.32. The molecule has 2 aromatic carbocycles. The Morgan fingerprint density at radius 1 is 1.00 bits per heavy atom. The minimum atomic E-state index is -0.277. The van der Waals surface area contributed by atoms with Gasteiger partial charge in [0.15, 0.2) is 17.2 Å². The van der Waals surface area contributed by atoms with Crippen LogP contribution in [0.4, 0.5) is 5.69 Å². The van der Waals surface area contributed by atoms with E-state index >= 15 is 0 Å². The molecule has 120 valence electrons. The van der Waals surface area contributed by atoms with E-state index in [2.05, 4.69) is 10.4 Å². The van der Waals surface area contributed by atoms with E-state index in [1.54, 1.807) is 35.1 Å². The molecule has 0 unspecified atom stereocenters. The molecule has 0 bridgehead atoms. The molecule has 0 aliphatic carbocycles. The second-order valence-corrected chi connectivity index (χ2v) is 5.29. The summed E-state index contributed by atoms with van der Waals surface area (Å²) >= 11 is 0. The van der Waals surface area contributed by atoms with Gasteiger partial charge in [-0.3, -0.25) is 4.79 Å². The number of amides is 1. The van der Waals surface area contributed by atoms with Gasteiger partial charge in [-0.25, -0.2) is 4.68 Å². The summed E-state index contributed by atoms with van der Waals surface area (Å²) in [4.78, 5) is 12.4. The van der Waals surface area contributed by atoms with E-state index in [-0.39, 0.29) is 5.91 Å². The highest BCUT2D eigenvalue weighted by molar-refractivity contribution is 6.03. The maximum absolute atomic E-state index is 12.4. The molecule has 1 aliphatic rings. The molecule has 6 nitrogen and oxygen atoms in total. The van der Waals surface area contributed by atoms with Crippen molar-refractivity contribution in [2.45, 2.75) is 0 Å². The van der Waals surface area contributed by atoms with Crippen molar-refractivity contribution in [2.75, 3.05) is 18.5 Å². The molecule has 0 saturated heterocycles. The van der Waals surface area contributed by atoms with Crippen molar-refractivity contribution in [3.05, 3.63) is 66.5 Å². The van der Waals surface area contributed by atoms with E-state index in [4.69, 9.17) is 9.47 Å². The molecule has 4 rings (SSSR count). The van der Waals surface area contributed by atoms with Gasteiger partial charge in [0.25, 0.3) is 5.91 Å². The minimum absolute atomic E-state index is 0.277. The predicted octanol–water partition coefficient (Wildman–Crippen LogP) is 2.90. The van der Waals surface area contributed by atoms with E-state index in [9.17, 15) is 4.79 Å². The highest BCUT2D eigenvalue weighted by atomic mass is 16.6. The summed E-state index contributed by atoms with van der Waals surface area (Å²) in [5, 5.41) is 7.14. The first-order valence-corrected chi connectivity index (χ1v) is 7.62. The number of carbonyl (C=O) groups excluding carboxylic acids is 1. The van der Waals surface area contributed by atoms with Gasteiger partial charge >= 0.3 is 0 Å². The van der Waals surface area contributed by atoms with Crippen LogP contribution in [-0.2, 0) is 0 Å². The van der Waals surface area contributed by atoms with Gasteiger partial charge in [-0.15, -0.1) is 0 Å². The average Bonchev–Trinajstić information content (AvgIpc) is 3.13. The third kappa shape index (κ3) is 2.81. The number of nitrogens with zero attached hydrogens (tertiary/aromatic N) is 2. The van der Waals surface area contributed by atoms with Gasteiger partial charge in [-0.2, -0.15) is 5.10 Å². The molecule has 0 saturated carbocycles. The van der Waals surface area contributed by atoms with Crippen LogP contribution in [0.15, 0.2) is 60.8 Å². The van der Waals surface area contributed by atoms with Crippen LogP contribution in [0.5, 0.6) is 11.5 Å². The first-order chi connectivity index (χ1) is 11.8. The van der Waals surface area contributed by atoms with E-state index in [1.165, 1.54) is 0 Å². The van der Waals surface area contributed by atoms with Gasteiger partial charge in [0, 0.05) is 18.0 Å². The van der Waals surface area contributed by atoms with E-state index < -0.39 is 0 Å². The summed E-state index contributed by atoms with van der Waals surface area (Å²) in [6.45, 7) is 1.04. The Morgan fingerprint density at radius 2 is 1.79 bits per heavy atom. The van der Waals surface area contributed by atoms with Crippen LogP contribution in [-0.4, -0.2) is 28.9 Å². The quantitative estimate of drug-likeness (QED) is 0.805. The summed E-state index contributed by atoms with van der Waals surface area (Å²) in [5.41, 5.74) is 1.88. The second kappa shape index (κ2) is 6.08. The van der Waals surface area contributed by atoms with Gasteiger partial charge in [0.05, 0.1) is 5.69 Å². The number of ether oxygens (including phenoxy) is 2. The molecule has 0 fully saturated rings. The van der Waals surface area contributed by atoms with Gasteiger partial charge in [0.2, 0.25) is 0 Å². The summed E-state index contributed by atoms with van der Waals surface area (Å²) in [6.07, 6.45) is 1.76. The number of anilines is 1. The van der Waals surface area contributed by atoms with Gasteiger partial charge in [-0.05, 0) is 30.3 Å². The summed E-state index contributed by atoms with van der Waals surface area (Å²) in [7, 11) is 0. The zero-order valence-corrected chi connectivity index (χ0v) is 12.8. The third-order valence-corrected chi connectivity index (χ3v) is 3.64. The topological polar surface area (TPSA) is 65.4 Å². The molecule has 1 aromatic heterocycles. The number of hydrogen-bond acceptors (Lipinski definition) is 4. The monoisotopic (exact) mass is 321 g/mol. The van der Waals surface area contributed by atoms with Crippen LogP contribution in [0.3, 0.4) is 0 Å². The van der Waals surface area contributed by atoms with Crippen LogP contribution in [0.25, 0.3) is 5.69 Å². The average molecular weight is 321 g/mol. The molecule has 3 aromatic rings. The molecular weight excluding hydrogens is 306 g/mol. The number of fused-ring (bicyclic) bond motifs is 1. The number of benzene rings is 2. The second-order valence-electron chi connectivity index (χ2n) is 5.29. The normalized spacial score (nSPS) is 12.7. The standard InChI is InChI=1S/C18H15N3O3/c22-18(15-8-9-21(20-15)14-4-2-1-3-5-14)19-13-6-7-16-17(12-13)24-11-10-23-16/h1-9,12H,10-11H2,(H,19,22). The largest absolute Gasteiger partial charge is 0.486 e. The fraction of sp³-hybridized carbons (Fsp3) is 0.111. The number of nitrogens with one attached hydrogen (secondary N) is 1. The maximum Gasteiger partial charge on any atom is 0.276 e. The molecule has 2 heterocycles. The molecule has 24 heavy (non-hydrogen) atoms. The van der Waals surface area contributed by atoms with Crippen molar-refractivity contribution in [2.24, 2.45) is 0 Å². The lowest BCUT2D eigenvalue weighted by molar-refractivity contribution is 0.102. The zero-order valence-electron chi connectivity index (χ0n) is 12.8. The van der Waals surface area contributed by atoms with Crippen molar-refractivity contribution in [3.8, 4) is 17.2 Å². The summed E-state index contributed by atoms with van der Waals surface area (Å²) in [5.74, 6) is 1.04. The number of rotatable bonds is 3. The lowest BCUT2D eigenvalue weighted by atomic mass is 10.2. The Labute approximate surface area is 138 Å². The lowest BCUT2D eigenvalue weighted by Crippen LogP contribution is -2.16. The van der Waals surface area contributed by atoms with Crippen LogP contribution < -0.4 is 14.8 Å². The van der Waals surface area contributed by atoms with Crippen molar-refractivity contribution >= 4 is 11.6 Å². The smallest absolute Gasteiger partial charge is 0.276 e. The third-order valence-electron chi connectivity index (χ3n) is 3.64. The first kappa shape index (κ1) is 14.3. The Hall–Kier alpha value is -3.28. The Balaban J connectivity index is 1.51. The van der Waals surface area contributed by atoms with Crippen LogP contribution in [0.2, 0.25) is 0 Å². The van der Waals surface area contributed by atoms with Gasteiger partial charge < -0.3 is 14.8 Å². The molecule has 0 atom stereocenters. The predicted molar refractivity (Wildman–Crippen MR) is 88.9 cm³/mol. The van der Waals surface area contributed by atoms with Gasteiger partial charge in [-0.1, -0.05) is 18.2 Å². The number of hydrogen-bond donors (Lipinski definition) is 1. The fourth-order valence-corrected chi connectivity index (χ4v) is 2.49. The molecule has 1 aliphatic heterocycles. The molecule has 6 heteroatoms. The Bertz CT molecular complexity index is 874. The van der Waals surface area contributed by atoms with Crippen molar-refractivity contribution in [1.29, 1.82) is 0 Å². The van der Waals surface area contributed by atoms with Crippen molar-refractivity contribution in [1.82, 2.24) is 9.78 Å². The molecule has 0 radical (unpaired) electrons.